The van der Waals surface area contributed by atoms with Crippen molar-refractivity contribution in [2.75, 3.05) is 13.1 Å². The van der Waals surface area contributed by atoms with Gasteiger partial charge in [-0.2, -0.15) is 0 Å². The molecular weight excluding hydrogens is 358 g/mol. The Morgan fingerprint density at radius 1 is 0.931 bits per heavy atom. The molecule has 150 valence electrons. The molecule has 1 aliphatic heterocycles. The van der Waals surface area contributed by atoms with E-state index in [1.165, 1.54) is 11.1 Å². The Kier molecular flexibility index (Phi) is 6.28. The molecule has 3 atom stereocenters. The lowest BCUT2D eigenvalue weighted by atomic mass is 9.86. The van der Waals surface area contributed by atoms with Gasteiger partial charge in [-0.1, -0.05) is 72.8 Å². The van der Waals surface area contributed by atoms with E-state index in [1.54, 1.807) is 0 Å². The molecule has 1 heterocycles. The number of aliphatic hydroxyl groups is 1. The fraction of sp³-hybridized carbons (Fsp3) is 0.308. The predicted molar refractivity (Wildman–Crippen MR) is 117 cm³/mol. The van der Waals surface area contributed by atoms with Crippen LogP contribution in [0.4, 0.5) is 0 Å². The maximum Gasteiger partial charge on any atom is 0.119 e. The fourth-order valence-electron chi connectivity index (χ4n) is 4.19. The van der Waals surface area contributed by atoms with Crippen LogP contribution in [-0.4, -0.2) is 29.2 Å². The summed E-state index contributed by atoms with van der Waals surface area (Å²) in [6.45, 7) is 4.48. The SMILES string of the molecule is C[C@H](c1ccccc1)N1CC[C@@H](c2ccc(OCc3ccccc3)cc2)[C@H](O)C1. The molecule has 0 amide bonds. The van der Waals surface area contributed by atoms with Crippen molar-refractivity contribution in [3.05, 3.63) is 102 Å². The van der Waals surface area contributed by atoms with Crippen molar-refractivity contribution < 1.29 is 9.84 Å². The largest absolute Gasteiger partial charge is 0.489 e. The van der Waals surface area contributed by atoms with Gasteiger partial charge in [0.1, 0.15) is 12.4 Å². The molecule has 0 saturated carbocycles. The summed E-state index contributed by atoms with van der Waals surface area (Å²) in [5.74, 6) is 1.04. The quantitative estimate of drug-likeness (QED) is 0.633. The van der Waals surface area contributed by atoms with Gasteiger partial charge in [-0.15, -0.1) is 0 Å². The minimum atomic E-state index is -0.356. The topological polar surface area (TPSA) is 32.7 Å². The fourth-order valence-corrected chi connectivity index (χ4v) is 4.19. The number of rotatable bonds is 6. The molecule has 29 heavy (non-hydrogen) atoms. The molecule has 1 aliphatic rings. The standard InChI is InChI=1S/C26H29NO2/c1-20(22-10-6-3-7-11-22)27-17-16-25(26(28)18-27)23-12-14-24(15-13-23)29-19-21-8-4-2-5-9-21/h2-15,20,25-26,28H,16-19H2,1H3/t20-,25+,26-/m1/s1. The molecule has 3 aromatic carbocycles. The van der Waals surface area contributed by atoms with Crippen molar-refractivity contribution in [2.24, 2.45) is 0 Å². The zero-order valence-electron chi connectivity index (χ0n) is 16.9. The van der Waals surface area contributed by atoms with E-state index in [0.29, 0.717) is 19.2 Å². The zero-order valence-corrected chi connectivity index (χ0v) is 16.9. The number of benzene rings is 3. The van der Waals surface area contributed by atoms with Crippen LogP contribution < -0.4 is 4.74 Å². The number of likely N-dealkylation sites (tertiary alicyclic amines) is 1. The molecule has 3 heteroatoms. The Labute approximate surface area is 173 Å². The van der Waals surface area contributed by atoms with Crippen LogP contribution in [0.2, 0.25) is 0 Å². The second-order valence-electron chi connectivity index (χ2n) is 7.89. The third kappa shape index (κ3) is 4.87. The summed E-state index contributed by atoms with van der Waals surface area (Å²) in [6.07, 6.45) is 0.605. The second kappa shape index (κ2) is 9.25. The molecule has 0 spiro atoms. The van der Waals surface area contributed by atoms with Gasteiger partial charge in [-0.05, 0) is 48.7 Å². The van der Waals surface area contributed by atoms with Crippen molar-refractivity contribution >= 4 is 0 Å². The van der Waals surface area contributed by atoms with Gasteiger partial charge < -0.3 is 9.84 Å². The van der Waals surface area contributed by atoms with Crippen LogP contribution in [0.3, 0.4) is 0 Å². The van der Waals surface area contributed by atoms with Crippen LogP contribution in [0.25, 0.3) is 0 Å². The van der Waals surface area contributed by atoms with E-state index >= 15 is 0 Å². The summed E-state index contributed by atoms with van der Waals surface area (Å²) in [7, 11) is 0. The summed E-state index contributed by atoms with van der Waals surface area (Å²) in [6, 6.07) is 29.3. The monoisotopic (exact) mass is 387 g/mol. The van der Waals surface area contributed by atoms with Crippen LogP contribution in [0.15, 0.2) is 84.9 Å². The molecule has 3 nitrogen and oxygen atoms in total. The van der Waals surface area contributed by atoms with Gasteiger partial charge in [0.25, 0.3) is 0 Å². The highest BCUT2D eigenvalue weighted by molar-refractivity contribution is 5.31. The van der Waals surface area contributed by atoms with E-state index < -0.39 is 0 Å². The minimum absolute atomic E-state index is 0.178. The maximum atomic E-state index is 10.8. The highest BCUT2D eigenvalue weighted by atomic mass is 16.5. The van der Waals surface area contributed by atoms with Gasteiger partial charge in [0.15, 0.2) is 0 Å². The first-order chi connectivity index (χ1) is 14.2. The van der Waals surface area contributed by atoms with E-state index in [1.807, 2.05) is 36.4 Å². The molecule has 0 bridgehead atoms. The van der Waals surface area contributed by atoms with Crippen LogP contribution in [0.1, 0.15) is 42.0 Å². The van der Waals surface area contributed by atoms with Crippen LogP contribution in [0.5, 0.6) is 5.75 Å². The second-order valence-corrected chi connectivity index (χ2v) is 7.89. The number of nitrogens with zero attached hydrogens (tertiary/aromatic N) is 1. The molecule has 4 rings (SSSR count). The lowest BCUT2D eigenvalue weighted by molar-refractivity contribution is 0.0329. The van der Waals surface area contributed by atoms with Gasteiger partial charge in [0, 0.05) is 18.5 Å². The Morgan fingerprint density at radius 3 is 2.24 bits per heavy atom. The average molecular weight is 388 g/mol. The Morgan fingerprint density at radius 2 is 1.59 bits per heavy atom. The summed E-state index contributed by atoms with van der Waals surface area (Å²) in [4.78, 5) is 2.38. The zero-order chi connectivity index (χ0) is 20.1. The molecule has 3 aromatic rings. The molecule has 1 saturated heterocycles. The predicted octanol–water partition coefficient (Wildman–Crippen LogP) is 5.18. The average Bonchev–Trinajstić information content (AvgIpc) is 2.79. The Balaban J connectivity index is 1.34. The lowest BCUT2D eigenvalue weighted by Gasteiger charge is -2.39. The Bertz CT molecular complexity index is 880. The molecule has 0 aromatic heterocycles. The van der Waals surface area contributed by atoms with E-state index in [0.717, 1.165) is 24.3 Å². The highest BCUT2D eigenvalue weighted by Crippen LogP contribution is 2.33. The summed E-state index contributed by atoms with van der Waals surface area (Å²) < 4.78 is 5.89. The summed E-state index contributed by atoms with van der Waals surface area (Å²) in [5.41, 5.74) is 3.65. The highest BCUT2D eigenvalue weighted by Gasteiger charge is 2.31. The van der Waals surface area contributed by atoms with E-state index in [9.17, 15) is 5.11 Å². The molecule has 1 fully saturated rings. The number of hydrogen-bond acceptors (Lipinski definition) is 3. The minimum Gasteiger partial charge on any atom is -0.489 e. The van der Waals surface area contributed by atoms with E-state index in [4.69, 9.17) is 4.74 Å². The molecule has 0 unspecified atom stereocenters. The normalized spacial score (nSPS) is 20.9. The third-order valence-corrected chi connectivity index (χ3v) is 6.00. The van der Waals surface area contributed by atoms with E-state index in [-0.39, 0.29) is 12.0 Å². The van der Waals surface area contributed by atoms with Gasteiger partial charge in [-0.3, -0.25) is 4.90 Å². The number of hydrogen-bond donors (Lipinski definition) is 1. The first kappa shape index (κ1) is 19.7. The number of aliphatic hydroxyl groups excluding tert-OH is 1. The van der Waals surface area contributed by atoms with Crippen LogP contribution in [0, 0.1) is 0 Å². The summed E-state index contributed by atoms with van der Waals surface area (Å²) >= 11 is 0. The Hall–Kier alpha value is -2.62. The van der Waals surface area contributed by atoms with Gasteiger partial charge in [0.2, 0.25) is 0 Å². The van der Waals surface area contributed by atoms with Gasteiger partial charge in [-0.25, -0.2) is 0 Å². The van der Waals surface area contributed by atoms with Crippen molar-refractivity contribution in [1.29, 1.82) is 0 Å². The number of ether oxygens (including phenoxy) is 1. The van der Waals surface area contributed by atoms with E-state index in [2.05, 4.69) is 60.4 Å². The van der Waals surface area contributed by atoms with Crippen LogP contribution >= 0.6 is 0 Å². The number of β-amino-alcohol motifs (C(OH)–C–C–N with tert-alkyl or cyclic N) is 1. The smallest absolute Gasteiger partial charge is 0.119 e. The summed E-state index contributed by atoms with van der Waals surface area (Å²) in [5, 5.41) is 10.8. The molecule has 0 radical (unpaired) electrons. The first-order valence-electron chi connectivity index (χ1n) is 10.4. The van der Waals surface area contributed by atoms with Crippen LogP contribution in [-0.2, 0) is 6.61 Å². The van der Waals surface area contributed by atoms with Gasteiger partial charge in [0.05, 0.1) is 6.10 Å². The molecule has 0 aliphatic carbocycles. The van der Waals surface area contributed by atoms with Gasteiger partial charge >= 0.3 is 0 Å². The lowest BCUT2D eigenvalue weighted by Crippen LogP contribution is -2.43. The van der Waals surface area contributed by atoms with Crippen molar-refractivity contribution in [2.45, 2.75) is 38.0 Å². The maximum absolute atomic E-state index is 10.8. The van der Waals surface area contributed by atoms with Crippen molar-refractivity contribution in [3.63, 3.8) is 0 Å². The van der Waals surface area contributed by atoms with Crippen molar-refractivity contribution in [1.82, 2.24) is 4.90 Å². The van der Waals surface area contributed by atoms with Crippen molar-refractivity contribution in [3.8, 4) is 5.75 Å². The first-order valence-corrected chi connectivity index (χ1v) is 10.4. The number of piperidine rings is 1. The third-order valence-electron chi connectivity index (χ3n) is 6.00. The molecular formula is C26H29NO2. The molecule has 1 N–H and O–H groups in total.